The average molecular weight is 475 g/mol. The van der Waals surface area contributed by atoms with Gasteiger partial charge in [-0.2, -0.15) is 4.98 Å². The number of hydrogen-bond acceptors (Lipinski definition) is 9. The molecule has 0 saturated heterocycles. The normalized spacial score (nSPS) is 10.3. The van der Waals surface area contributed by atoms with Gasteiger partial charge in [0.2, 0.25) is 5.95 Å². The molecule has 1 heterocycles. The van der Waals surface area contributed by atoms with Crippen molar-refractivity contribution in [3.8, 4) is 35.0 Å². The minimum atomic E-state index is -0.641. The van der Waals surface area contributed by atoms with Gasteiger partial charge in [0.25, 0.3) is 0 Å². The molecule has 2 aromatic rings. The van der Waals surface area contributed by atoms with Crippen LogP contribution in [0.15, 0.2) is 36.5 Å². The number of benzene rings is 2. The summed E-state index contributed by atoms with van der Waals surface area (Å²) in [5.74, 6) is 1.99. The van der Waals surface area contributed by atoms with Gasteiger partial charge in [0.15, 0.2) is 17.3 Å². The Hall–Kier alpha value is -4.58. The summed E-state index contributed by atoms with van der Waals surface area (Å²) in [6.07, 6.45) is 6.93. The molecule has 0 atom stereocenters. The van der Waals surface area contributed by atoms with Crippen molar-refractivity contribution in [2.75, 3.05) is 32.3 Å². The summed E-state index contributed by atoms with van der Waals surface area (Å²) in [5, 5.41) is 0. The van der Waals surface area contributed by atoms with Gasteiger partial charge in [-0.15, -0.1) is 6.42 Å². The van der Waals surface area contributed by atoms with Gasteiger partial charge >= 0.3 is 5.97 Å². The summed E-state index contributed by atoms with van der Waals surface area (Å²) in [4.78, 5) is 32.4. The van der Waals surface area contributed by atoms with Crippen LogP contribution in [-0.2, 0) is 16.0 Å². The first-order valence-electron chi connectivity index (χ1n) is 10.7. The van der Waals surface area contributed by atoms with E-state index in [2.05, 4.69) is 40.2 Å². The highest BCUT2D eigenvalue weighted by atomic mass is 16.5. The SMILES string of the molecule is C#Cc1c(Cc2cnc(N)nc2N)cc(C(=O)CC(=O)OCC)c(OC)c1OC.c1cc2ccc1-2. The highest BCUT2D eigenvalue weighted by Crippen LogP contribution is 2.38. The standard InChI is InChI=1S/C20H22N4O5.C6H4/c1-5-13-11(7-12-10-23-20(22)24-19(12)21)8-14(18(28-4)17(13)27-3)15(25)9-16(26)29-6-2;1-2-6-4-3-5(1)6/h1,8,10H,6-7,9H2,2-4H3,(H4,21,22,23,24);1-4H. The second-order valence-corrected chi connectivity index (χ2v) is 7.47. The van der Waals surface area contributed by atoms with Crippen LogP contribution in [0.1, 0.15) is 40.4 Å². The number of esters is 1. The summed E-state index contributed by atoms with van der Waals surface area (Å²) in [6.45, 7) is 1.83. The van der Waals surface area contributed by atoms with Crippen molar-refractivity contribution in [2.24, 2.45) is 0 Å². The molecule has 9 heteroatoms. The number of fused-ring (bicyclic) bond motifs is 1. The number of Topliss-reactive ketones (excluding diaryl/α,β-unsaturated/α-hetero) is 1. The predicted octanol–water partition coefficient (Wildman–Crippen LogP) is 3.03. The van der Waals surface area contributed by atoms with Crippen molar-refractivity contribution in [3.63, 3.8) is 0 Å². The summed E-state index contributed by atoms with van der Waals surface area (Å²) >= 11 is 0. The highest BCUT2D eigenvalue weighted by Gasteiger charge is 2.25. The van der Waals surface area contributed by atoms with E-state index in [9.17, 15) is 9.59 Å². The van der Waals surface area contributed by atoms with Crippen molar-refractivity contribution in [1.82, 2.24) is 9.97 Å². The number of carbonyl (C=O) groups is 2. The molecule has 0 unspecified atom stereocenters. The van der Waals surface area contributed by atoms with Gasteiger partial charge < -0.3 is 25.7 Å². The molecule has 0 spiro atoms. The largest absolute Gasteiger partial charge is 0.492 e. The number of hydrogen-bond donors (Lipinski definition) is 2. The minimum absolute atomic E-state index is 0.0426. The van der Waals surface area contributed by atoms with E-state index < -0.39 is 18.2 Å². The molecule has 1 aromatic heterocycles. The van der Waals surface area contributed by atoms with Crippen LogP contribution >= 0.6 is 0 Å². The molecule has 4 N–H and O–H groups in total. The van der Waals surface area contributed by atoms with Crippen LogP contribution in [-0.4, -0.2) is 42.5 Å². The van der Waals surface area contributed by atoms with Crippen molar-refractivity contribution in [2.45, 2.75) is 19.8 Å². The third kappa shape index (κ3) is 5.50. The van der Waals surface area contributed by atoms with E-state index >= 15 is 0 Å². The van der Waals surface area contributed by atoms with Crippen molar-refractivity contribution < 1.29 is 23.8 Å². The van der Waals surface area contributed by atoms with Gasteiger partial charge in [0, 0.05) is 18.2 Å². The molecule has 0 amide bonds. The third-order valence-electron chi connectivity index (χ3n) is 5.30. The Kier molecular flexibility index (Phi) is 7.89. The highest BCUT2D eigenvalue weighted by molar-refractivity contribution is 6.08. The number of ether oxygens (including phenoxy) is 3. The molecule has 35 heavy (non-hydrogen) atoms. The molecule has 1 aromatic carbocycles. The Morgan fingerprint density at radius 1 is 1.03 bits per heavy atom. The van der Waals surface area contributed by atoms with Crippen LogP contribution in [0.2, 0.25) is 0 Å². The topological polar surface area (TPSA) is 140 Å². The molecule has 9 nitrogen and oxygen atoms in total. The number of aromatic nitrogens is 2. The summed E-state index contributed by atoms with van der Waals surface area (Å²) in [5.41, 5.74) is 15.9. The second kappa shape index (κ2) is 11.0. The maximum absolute atomic E-state index is 12.7. The number of terminal acetylenes is 1. The first-order chi connectivity index (χ1) is 16.8. The van der Waals surface area contributed by atoms with E-state index in [1.54, 1.807) is 13.0 Å². The van der Waals surface area contributed by atoms with E-state index in [4.69, 9.17) is 32.1 Å². The number of nitrogens with zero attached hydrogens (tertiary/aromatic N) is 2. The molecule has 0 aliphatic heterocycles. The number of carbonyl (C=O) groups excluding carboxylic acids is 2. The van der Waals surface area contributed by atoms with Crippen LogP contribution < -0.4 is 20.9 Å². The molecular formula is C26H26N4O5. The summed E-state index contributed by atoms with van der Waals surface area (Å²) in [7, 11) is 2.79. The van der Waals surface area contributed by atoms with Crippen LogP contribution in [0.25, 0.3) is 11.1 Å². The third-order valence-corrected chi connectivity index (χ3v) is 5.30. The monoisotopic (exact) mass is 474 g/mol. The molecule has 4 rings (SSSR count). The van der Waals surface area contributed by atoms with Gasteiger partial charge in [-0.25, -0.2) is 4.98 Å². The number of ketones is 1. The Labute approximate surface area is 203 Å². The summed E-state index contributed by atoms with van der Waals surface area (Å²) < 4.78 is 15.6. The Balaban J connectivity index is 0.000000485. The molecule has 0 radical (unpaired) electrons. The predicted molar refractivity (Wildman–Crippen MR) is 132 cm³/mol. The Morgan fingerprint density at radius 3 is 2.11 bits per heavy atom. The van der Waals surface area contributed by atoms with Gasteiger partial charge in [-0.05, 0) is 29.7 Å². The smallest absolute Gasteiger partial charge is 0.313 e. The molecule has 0 fully saturated rings. The number of nitrogen functional groups attached to an aromatic ring is 2. The fourth-order valence-electron chi connectivity index (χ4n) is 3.47. The number of rotatable bonds is 8. The van der Waals surface area contributed by atoms with Gasteiger partial charge in [0.05, 0.1) is 32.0 Å². The number of nitrogens with two attached hydrogens (primary N) is 2. The molecular weight excluding hydrogens is 448 g/mol. The molecule has 180 valence electrons. The zero-order valence-electron chi connectivity index (χ0n) is 19.8. The molecule has 2 aliphatic carbocycles. The Morgan fingerprint density at radius 2 is 1.66 bits per heavy atom. The van der Waals surface area contributed by atoms with E-state index in [1.807, 2.05) is 0 Å². The Bertz CT molecular complexity index is 1280. The fourth-order valence-corrected chi connectivity index (χ4v) is 3.47. The van der Waals surface area contributed by atoms with Gasteiger partial charge in [-0.1, -0.05) is 30.2 Å². The van der Waals surface area contributed by atoms with Crippen molar-refractivity contribution >= 4 is 23.5 Å². The molecule has 0 saturated carbocycles. The van der Waals surface area contributed by atoms with Crippen LogP contribution in [0, 0.1) is 12.3 Å². The van der Waals surface area contributed by atoms with Gasteiger partial charge in [0.1, 0.15) is 12.2 Å². The zero-order chi connectivity index (χ0) is 25.5. The maximum Gasteiger partial charge on any atom is 0.313 e. The average Bonchev–Trinajstić information content (AvgIpc) is 2.82. The lowest BCUT2D eigenvalue weighted by Crippen LogP contribution is -2.14. The van der Waals surface area contributed by atoms with Crippen LogP contribution in [0.4, 0.5) is 11.8 Å². The lowest BCUT2D eigenvalue weighted by atomic mass is 9.94. The lowest BCUT2D eigenvalue weighted by Gasteiger charge is -2.17. The van der Waals surface area contributed by atoms with E-state index in [1.165, 1.54) is 31.5 Å². The van der Waals surface area contributed by atoms with Crippen LogP contribution in [0.3, 0.4) is 0 Å². The fraction of sp³-hybridized carbons (Fsp3) is 0.231. The van der Waals surface area contributed by atoms with E-state index in [-0.39, 0.29) is 41.9 Å². The quantitative estimate of drug-likeness (QED) is 0.171. The van der Waals surface area contributed by atoms with Crippen LogP contribution in [0.5, 0.6) is 11.5 Å². The van der Waals surface area contributed by atoms with Crippen molar-refractivity contribution in [3.05, 3.63) is 58.8 Å². The zero-order valence-corrected chi connectivity index (χ0v) is 19.8. The van der Waals surface area contributed by atoms with Crippen molar-refractivity contribution in [1.29, 1.82) is 0 Å². The first kappa shape index (κ1) is 25.1. The van der Waals surface area contributed by atoms with Gasteiger partial charge in [-0.3, -0.25) is 9.59 Å². The second-order valence-electron chi connectivity index (χ2n) is 7.47. The maximum atomic E-state index is 12.7. The van der Waals surface area contributed by atoms with E-state index in [0.29, 0.717) is 16.7 Å². The first-order valence-corrected chi connectivity index (χ1v) is 10.7. The number of methoxy groups -OCH3 is 2. The molecule has 0 bridgehead atoms. The minimum Gasteiger partial charge on any atom is -0.492 e. The summed E-state index contributed by atoms with van der Waals surface area (Å²) in [6, 6.07) is 10.0. The van der Waals surface area contributed by atoms with E-state index in [0.717, 1.165) is 0 Å². The molecule has 2 aliphatic rings. The lowest BCUT2D eigenvalue weighted by molar-refractivity contribution is -0.141. The number of anilines is 2.